The van der Waals surface area contributed by atoms with E-state index >= 15 is 0 Å². The van der Waals surface area contributed by atoms with E-state index in [-0.39, 0.29) is 11.7 Å². The molecular formula is C25H32F2N6O2. The van der Waals surface area contributed by atoms with Gasteiger partial charge in [-0.15, -0.1) is 0 Å². The second-order valence-electron chi connectivity index (χ2n) is 9.28. The maximum Gasteiger partial charge on any atom is 0.224 e. The molecule has 35 heavy (non-hydrogen) atoms. The quantitative estimate of drug-likeness (QED) is 0.452. The van der Waals surface area contributed by atoms with E-state index in [4.69, 9.17) is 14.5 Å². The van der Waals surface area contributed by atoms with Crippen molar-refractivity contribution in [1.82, 2.24) is 19.5 Å². The molecule has 188 valence electrons. The first-order chi connectivity index (χ1) is 17.1. The van der Waals surface area contributed by atoms with Crippen LogP contribution in [0.5, 0.6) is 0 Å². The maximum atomic E-state index is 14.4. The first kappa shape index (κ1) is 23.9. The molecule has 0 atom stereocenters. The van der Waals surface area contributed by atoms with Gasteiger partial charge >= 0.3 is 0 Å². The highest BCUT2D eigenvalue weighted by molar-refractivity contribution is 5.76. The summed E-state index contributed by atoms with van der Waals surface area (Å²) in [6.07, 6.45) is 8.09. The third-order valence-electron chi connectivity index (χ3n) is 6.91. The lowest BCUT2D eigenvalue weighted by molar-refractivity contribution is 0.0270. The topological polar surface area (TPSA) is 86.1 Å². The number of nitrogens with one attached hydrogen (secondary N) is 2. The molecule has 5 rings (SSSR count). The first-order valence-electron chi connectivity index (χ1n) is 12.5. The van der Waals surface area contributed by atoms with Crippen molar-refractivity contribution in [3.8, 4) is 0 Å². The van der Waals surface area contributed by atoms with Crippen LogP contribution in [-0.4, -0.2) is 52.0 Å². The van der Waals surface area contributed by atoms with Gasteiger partial charge in [0, 0.05) is 38.5 Å². The van der Waals surface area contributed by atoms with Crippen LogP contribution >= 0.6 is 0 Å². The van der Waals surface area contributed by atoms with E-state index in [9.17, 15) is 8.78 Å². The normalized spacial score (nSPS) is 21.3. The summed E-state index contributed by atoms with van der Waals surface area (Å²) >= 11 is 0. The lowest BCUT2D eigenvalue weighted by Crippen LogP contribution is -2.26. The van der Waals surface area contributed by atoms with Crippen LogP contribution in [-0.2, 0) is 9.47 Å². The number of halogens is 2. The van der Waals surface area contributed by atoms with Gasteiger partial charge in [-0.1, -0.05) is 0 Å². The van der Waals surface area contributed by atoms with Gasteiger partial charge in [-0.2, -0.15) is 4.98 Å². The fourth-order valence-corrected chi connectivity index (χ4v) is 5.04. The fraction of sp³-hybridized carbons (Fsp3) is 0.560. The molecule has 10 heteroatoms. The zero-order valence-corrected chi connectivity index (χ0v) is 20.0. The van der Waals surface area contributed by atoms with Crippen LogP contribution in [0.3, 0.4) is 0 Å². The van der Waals surface area contributed by atoms with E-state index < -0.39 is 11.6 Å². The van der Waals surface area contributed by atoms with Crippen LogP contribution < -0.4 is 10.6 Å². The number of hydrogen-bond acceptors (Lipinski definition) is 7. The molecule has 1 aromatic carbocycles. The molecule has 3 aromatic rings. The standard InChI is InChI=1S/C25H32F2N6O2/c1-2-35-19-6-3-16(4-7-19)14-28-24-29-15-22-23(32-24)33(18-9-11-34-12-10-18)25(31-22)30-21-8-5-17(26)13-20(21)27/h5,8,13,15-16,18-19H,2-4,6-7,9-12,14H2,1H3,(H,30,31)(H,28,29,32). The van der Waals surface area contributed by atoms with Gasteiger partial charge in [0.1, 0.15) is 17.2 Å². The SMILES string of the molecule is CCOC1CCC(CNc2ncc3nc(Nc4ccc(F)cc4F)n(C4CCOCC4)c3n2)CC1. The lowest BCUT2D eigenvalue weighted by atomic mass is 9.87. The summed E-state index contributed by atoms with van der Waals surface area (Å²) in [6, 6.07) is 3.54. The number of nitrogens with zero attached hydrogens (tertiary/aromatic N) is 4. The van der Waals surface area contributed by atoms with Crippen LogP contribution in [0.15, 0.2) is 24.4 Å². The summed E-state index contributed by atoms with van der Waals surface area (Å²) in [6.45, 7) is 4.89. The lowest BCUT2D eigenvalue weighted by Gasteiger charge is -2.28. The minimum atomic E-state index is -0.678. The van der Waals surface area contributed by atoms with Gasteiger partial charge in [0.05, 0.1) is 18.0 Å². The van der Waals surface area contributed by atoms with Crippen molar-refractivity contribution in [3.63, 3.8) is 0 Å². The zero-order chi connectivity index (χ0) is 24.2. The summed E-state index contributed by atoms with van der Waals surface area (Å²) in [5, 5.41) is 6.45. The summed E-state index contributed by atoms with van der Waals surface area (Å²) in [7, 11) is 0. The van der Waals surface area contributed by atoms with Crippen molar-refractivity contribution in [2.24, 2.45) is 5.92 Å². The fourth-order valence-electron chi connectivity index (χ4n) is 5.04. The van der Waals surface area contributed by atoms with E-state index in [2.05, 4.69) is 20.6 Å². The van der Waals surface area contributed by atoms with Crippen LogP contribution in [0, 0.1) is 17.6 Å². The molecular weight excluding hydrogens is 454 g/mol. The Balaban J connectivity index is 1.37. The predicted molar refractivity (Wildman–Crippen MR) is 130 cm³/mol. The number of benzene rings is 1. The van der Waals surface area contributed by atoms with E-state index in [0.29, 0.717) is 48.3 Å². The molecule has 2 N–H and O–H groups in total. The van der Waals surface area contributed by atoms with Crippen molar-refractivity contribution in [3.05, 3.63) is 36.0 Å². The van der Waals surface area contributed by atoms with Crippen molar-refractivity contribution in [2.45, 2.75) is 57.6 Å². The largest absolute Gasteiger partial charge is 0.381 e. The highest BCUT2D eigenvalue weighted by Crippen LogP contribution is 2.32. The number of aromatic nitrogens is 4. The minimum Gasteiger partial charge on any atom is -0.381 e. The molecule has 2 fully saturated rings. The van der Waals surface area contributed by atoms with Gasteiger partial charge in [-0.05, 0) is 63.5 Å². The Hall–Kier alpha value is -2.85. The van der Waals surface area contributed by atoms with Crippen LogP contribution in [0.1, 0.15) is 51.5 Å². The summed E-state index contributed by atoms with van der Waals surface area (Å²) in [5.41, 5.74) is 1.45. The van der Waals surface area contributed by atoms with E-state index in [1.807, 2.05) is 11.5 Å². The monoisotopic (exact) mass is 486 g/mol. The molecule has 1 aliphatic carbocycles. The zero-order valence-electron chi connectivity index (χ0n) is 20.0. The molecule has 2 aliphatic rings. The van der Waals surface area contributed by atoms with Gasteiger partial charge in [0.25, 0.3) is 0 Å². The second kappa shape index (κ2) is 10.8. The Morgan fingerprint density at radius 3 is 2.63 bits per heavy atom. The summed E-state index contributed by atoms with van der Waals surface area (Å²) < 4.78 is 41.1. The number of fused-ring (bicyclic) bond motifs is 1. The molecule has 0 amide bonds. The Bertz CT molecular complexity index is 1140. The number of anilines is 3. The van der Waals surface area contributed by atoms with Gasteiger partial charge < -0.3 is 20.1 Å². The third-order valence-corrected chi connectivity index (χ3v) is 6.91. The highest BCUT2D eigenvalue weighted by Gasteiger charge is 2.25. The number of hydrogen-bond donors (Lipinski definition) is 2. The molecule has 2 aromatic heterocycles. The Kier molecular flexibility index (Phi) is 7.38. The highest BCUT2D eigenvalue weighted by atomic mass is 19.1. The average Bonchev–Trinajstić information content (AvgIpc) is 3.23. The second-order valence-corrected chi connectivity index (χ2v) is 9.28. The molecule has 0 bridgehead atoms. The molecule has 8 nitrogen and oxygen atoms in total. The maximum absolute atomic E-state index is 14.4. The average molecular weight is 487 g/mol. The molecule has 1 saturated carbocycles. The molecule has 1 saturated heterocycles. The van der Waals surface area contributed by atoms with Crippen LogP contribution in [0.4, 0.5) is 26.4 Å². The van der Waals surface area contributed by atoms with Crippen molar-refractivity contribution in [2.75, 3.05) is 37.0 Å². The molecule has 1 aliphatic heterocycles. The summed E-state index contributed by atoms with van der Waals surface area (Å²) in [4.78, 5) is 13.9. The predicted octanol–water partition coefficient (Wildman–Crippen LogP) is 5.21. The number of imidazole rings is 1. The van der Waals surface area contributed by atoms with E-state index in [1.165, 1.54) is 12.1 Å². The van der Waals surface area contributed by atoms with Crippen LogP contribution in [0.25, 0.3) is 11.2 Å². The van der Waals surface area contributed by atoms with Crippen molar-refractivity contribution >= 4 is 28.7 Å². The van der Waals surface area contributed by atoms with Crippen molar-refractivity contribution in [1.29, 1.82) is 0 Å². The first-order valence-corrected chi connectivity index (χ1v) is 12.5. The van der Waals surface area contributed by atoms with Gasteiger partial charge in [0.15, 0.2) is 5.65 Å². The summed E-state index contributed by atoms with van der Waals surface area (Å²) in [5.74, 6) is 0.266. The van der Waals surface area contributed by atoms with Gasteiger partial charge in [0.2, 0.25) is 11.9 Å². The van der Waals surface area contributed by atoms with Gasteiger partial charge in [-0.3, -0.25) is 4.57 Å². The Morgan fingerprint density at radius 1 is 1.09 bits per heavy atom. The third kappa shape index (κ3) is 5.54. The number of ether oxygens (including phenoxy) is 2. The Labute approximate surface area is 203 Å². The molecule has 0 radical (unpaired) electrons. The van der Waals surface area contributed by atoms with E-state index in [1.54, 1.807) is 6.20 Å². The van der Waals surface area contributed by atoms with Gasteiger partial charge in [-0.25, -0.2) is 18.7 Å². The minimum absolute atomic E-state index is 0.0938. The van der Waals surface area contributed by atoms with Crippen molar-refractivity contribution < 1.29 is 18.3 Å². The molecule has 3 heterocycles. The van der Waals surface area contributed by atoms with E-state index in [0.717, 1.165) is 57.7 Å². The van der Waals surface area contributed by atoms with Crippen LogP contribution in [0.2, 0.25) is 0 Å². The molecule has 0 spiro atoms. The smallest absolute Gasteiger partial charge is 0.224 e. The Morgan fingerprint density at radius 2 is 1.89 bits per heavy atom. The molecule has 0 unspecified atom stereocenters. The number of rotatable bonds is 8.